The van der Waals surface area contributed by atoms with Gasteiger partial charge in [-0.2, -0.15) is 13.2 Å². The van der Waals surface area contributed by atoms with Crippen LogP contribution in [0.2, 0.25) is 0 Å². The normalized spacial score (nSPS) is 16.7. The molecule has 0 saturated carbocycles. The number of carboxylic acid groups (broad SMARTS) is 1. The second kappa shape index (κ2) is 8.07. The maximum atomic E-state index is 13.0. The lowest BCUT2D eigenvalue weighted by atomic mass is 9.97. The minimum atomic E-state index is -4.87. The fourth-order valence-corrected chi connectivity index (χ4v) is 2.46. The molecule has 1 unspecified atom stereocenters. The van der Waals surface area contributed by atoms with E-state index >= 15 is 0 Å². The third-order valence-electron chi connectivity index (χ3n) is 3.74. The second-order valence-electron chi connectivity index (χ2n) is 5.84. The summed E-state index contributed by atoms with van der Waals surface area (Å²) >= 11 is 0. The number of ketones is 1. The molecule has 0 aliphatic carbocycles. The summed E-state index contributed by atoms with van der Waals surface area (Å²) in [5.74, 6) is -2.16. The Morgan fingerprint density at radius 3 is 2.59 bits per heavy atom. The molecule has 4 nitrogen and oxygen atoms in total. The highest BCUT2D eigenvalue weighted by molar-refractivity contribution is 6.00. The van der Waals surface area contributed by atoms with E-state index in [0.29, 0.717) is 5.57 Å². The average molecular weight is 378 g/mol. The van der Waals surface area contributed by atoms with E-state index < -0.39 is 23.8 Å². The number of carbonyl (C=O) groups excluding carboxylic acids is 1. The summed E-state index contributed by atoms with van der Waals surface area (Å²) < 4.78 is 43.9. The van der Waals surface area contributed by atoms with Crippen molar-refractivity contribution >= 4 is 17.8 Å². The smallest absolute Gasteiger partial charge is 0.430 e. The van der Waals surface area contributed by atoms with Crippen molar-refractivity contribution in [3.8, 4) is 5.75 Å². The van der Waals surface area contributed by atoms with Gasteiger partial charge in [-0.05, 0) is 36.8 Å². The van der Waals surface area contributed by atoms with Crippen LogP contribution in [0.3, 0.4) is 0 Å². The number of allylic oxidation sites excluding steroid dienone is 5. The van der Waals surface area contributed by atoms with Gasteiger partial charge in [-0.3, -0.25) is 4.79 Å². The third kappa shape index (κ3) is 4.97. The van der Waals surface area contributed by atoms with Gasteiger partial charge in [0.1, 0.15) is 5.75 Å². The number of rotatable bonds is 6. The molecule has 2 rings (SSSR count). The number of hydrogen-bond acceptors (Lipinski definition) is 3. The van der Waals surface area contributed by atoms with Crippen molar-refractivity contribution in [3.05, 3.63) is 71.4 Å². The molecule has 1 N–H and O–H groups in total. The van der Waals surface area contributed by atoms with Crippen molar-refractivity contribution in [2.24, 2.45) is 0 Å². The first-order chi connectivity index (χ1) is 12.6. The van der Waals surface area contributed by atoms with E-state index in [1.807, 2.05) is 13.0 Å². The van der Waals surface area contributed by atoms with E-state index in [2.05, 4.69) is 6.58 Å². The number of carbonyl (C=O) groups is 2. The predicted octanol–water partition coefficient (Wildman–Crippen LogP) is 4.74. The maximum Gasteiger partial charge on any atom is 0.430 e. The molecule has 0 saturated heterocycles. The molecule has 1 aromatic carbocycles. The third-order valence-corrected chi connectivity index (χ3v) is 3.74. The Hall–Kier alpha value is -3.09. The SMILES string of the molecule is C=C(/C=C\C=C/C)CC(=O)c1ccc2c(c1)C=C(C(=O)O)C(C(F)(F)F)O2. The van der Waals surface area contributed by atoms with Crippen LogP contribution in [-0.4, -0.2) is 29.1 Å². The number of aliphatic carboxylic acids is 1. The molecule has 0 radical (unpaired) electrons. The number of carboxylic acids is 1. The number of fused-ring (bicyclic) bond motifs is 1. The highest BCUT2D eigenvalue weighted by Gasteiger charge is 2.48. The Bertz CT molecular complexity index is 860. The quantitative estimate of drug-likeness (QED) is 0.574. The molecule has 142 valence electrons. The number of hydrogen-bond donors (Lipinski definition) is 1. The molecule has 1 heterocycles. The molecular weight excluding hydrogens is 361 g/mol. The first kappa shape index (κ1) is 20.2. The Balaban J connectivity index is 2.28. The van der Waals surface area contributed by atoms with E-state index in [1.54, 1.807) is 18.2 Å². The lowest BCUT2D eigenvalue weighted by Gasteiger charge is -2.27. The highest BCUT2D eigenvalue weighted by Crippen LogP contribution is 2.37. The zero-order chi connectivity index (χ0) is 20.2. The van der Waals surface area contributed by atoms with Crippen molar-refractivity contribution in [1.82, 2.24) is 0 Å². The Morgan fingerprint density at radius 1 is 1.30 bits per heavy atom. The molecule has 27 heavy (non-hydrogen) atoms. The summed E-state index contributed by atoms with van der Waals surface area (Å²) in [4.78, 5) is 23.5. The van der Waals surface area contributed by atoms with Crippen LogP contribution in [0.15, 0.2) is 60.2 Å². The molecule has 0 spiro atoms. The van der Waals surface area contributed by atoms with Crippen LogP contribution in [0, 0.1) is 0 Å². The average Bonchev–Trinajstić information content (AvgIpc) is 2.59. The topological polar surface area (TPSA) is 63.6 Å². The first-order valence-corrected chi connectivity index (χ1v) is 7.96. The zero-order valence-corrected chi connectivity index (χ0v) is 14.4. The Labute approximate surface area is 154 Å². The molecule has 1 atom stereocenters. The Morgan fingerprint density at radius 2 is 2.00 bits per heavy atom. The van der Waals surface area contributed by atoms with Crippen molar-refractivity contribution in [2.45, 2.75) is 25.6 Å². The number of Topliss-reactive ketones (excluding diaryl/α,β-unsaturated/α-hetero) is 1. The molecular formula is C20H17F3O4. The predicted molar refractivity (Wildman–Crippen MR) is 94.6 cm³/mol. The number of benzene rings is 1. The molecule has 0 aromatic heterocycles. The van der Waals surface area contributed by atoms with Gasteiger partial charge in [-0.1, -0.05) is 30.9 Å². The fourth-order valence-electron chi connectivity index (χ4n) is 2.46. The molecule has 0 bridgehead atoms. The molecule has 1 aliphatic rings. The summed E-state index contributed by atoms with van der Waals surface area (Å²) in [6.07, 6.45) is 0.487. The van der Waals surface area contributed by atoms with Crippen LogP contribution >= 0.6 is 0 Å². The van der Waals surface area contributed by atoms with Crippen LogP contribution < -0.4 is 4.74 Å². The van der Waals surface area contributed by atoms with Crippen molar-refractivity contribution in [2.75, 3.05) is 0 Å². The summed E-state index contributed by atoms with van der Waals surface area (Å²) in [6, 6.07) is 3.89. The van der Waals surface area contributed by atoms with E-state index in [0.717, 1.165) is 6.08 Å². The molecule has 1 aliphatic heterocycles. The molecule has 0 fully saturated rings. The number of halogens is 3. The zero-order valence-electron chi connectivity index (χ0n) is 14.4. The fraction of sp³-hybridized carbons (Fsp3) is 0.200. The van der Waals surface area contributed by atoms with Gasteiger partial charge in [0.25, 0.3) is 0 Å². The van der Waals surface area contributed by atoms with Gasteiger partial charge in [-0.25, -0.2) is 4.79 Å². The molecule has 7 heteroatoms. The first-order valence-electron chi connectivity index (χ1n) is 7.96. The largest absolute Gasteiger partial charge is 0.478 e. The van der Waals surface area contributed by atoms with Gasteiger partial charge in [-0.15, -0.1) is 0 Å². The van der Waals surface area contributed by atoms with Crippen LogP contribution in [0.25, 0.3) is 6.08 Å². The van der Waals surface area contributed by atoms with Crippen LogP contribution in [0.4, 0.5) is 13.2 Å². The van der Waals surface area contributed by atoms with E-state index in [4.69, 9.17) is 9.84 Å². The summed E-state index contributed by atoms with van der Waals surface area (Å²) in [7, 11) is 0. The lowest BCUT2D eigenvalue weighted by Crippen LogP contribution is -2.40. The summed E-state index contributed by atoms with van der Waals surface area (Å²) in [5, 5.41) is 9.06. The van der Waals surface area contributed by atoms with Crippen molar-refractivity contribution in [3.63, 3.8) is 0 Å². The minimum absolute atomic E-state index is 0.0222. The second-order valence-corrected chi connectivity index (χ2v) is 5.84. The van der Waals surface area contributed by atoms with E-state index in [-0.39, 0.29) is 29.1 Å². The van der Waals surface area contributed by atoms with E-state index in [9.17, 15) is 22.8 Å². The summed E-state index contributed by atoms with van der Waals surface area (Å²) in [6.45, 7) is 5.61. The lowest BCUT2D eigenvalue weighted by molar-refractivity contribution is -0.187. The van der Waals surface area contributed by atoms with Gasteiger partial charge in [0, 0.05) is 17.5 Å². The number of ether oxygens (including phenoxy) is 1. The van der Waals surface area contributed by atoms with Crippen molar-refractivity contribution in [1.29, 1.82) is 0 Å². The number of alkyl halides is 3. The van der Waals surface area contributed by atoms with Gasteiger partial charge >= 0.3 is 12.1 Å². The van der Waals surface area contributed by atoms with Gasteiger partial charge in [0.05, 0.1) is 5.57 Å². The van der Waals surface area contributed by atoms with Crippen LogP contribution in [0.1, 0.15) is 29.3 Å². The van der Waals surface area contributed by atoms with Gasteiger partial charge < -0.3 is 9.84 Å². The Kier molecular flexibility index (Phi) is 6.05. The standard InChI is InChI=1S/C20H17F3O4/c1-3-4-5-6-12(2)9-16(24)13-7-8-17-14(10-13)11-15(19(25)26)18(27-17)20(21,22)23/h3-8,10-11,18H,2,9H2,1H3,(H,25,26)/b4-3-,6-5-. The van der Waals surface area contributed by atoms with Gasteiger partial charge in [0.2, 0.25) is 6.10 Å². The van der Waals surface area contributed by atoms with Crippen molar-refractivity contribution < 1.29 is 32.6 Å². The molecule has 0 amide bonds. The van der Waals surface area contributed by atoms with Gasteiger partial charge in [0.15, 0.2) is 5.78 Å². The van der Waals surface area contributed by atoms with Crippen LogP contribution in [-0.2, 0) is 4.79 Å². The molecule has 1 aromatic rings. The van der Waals surface area contributed by atoms with E-state index in [1.165, 1.54) is 18.2 Å². The summed E-state index contributed by atoms with van der Waals surface area (Å²) in [5.41, 5.74) is -0.0394. The maximum absolute atomic E-state index is 13.0. The highest BCUT2D eigenvalue weighted by atomic mass is 19.4. The van der Waals surface area contributed by atoms with Crippen LogP contribution in [0.5, 0.6) is 5.75 Å². The monoisotopic (exact) mass is 378 g/mol. The minimum Gasteiger partial charge on any atom is -0.478 e.